The molecule has 5 heteroatoms. The van der Waals surface area contributed by atoms with E-state index in [9.17, 15) is 0 Å². The molecule has 78 valence electrons. The molecule has 0 atom stereocenters. The lowest BCUT2D eigenvalue weighted by molar-refractivity contribution is 0.507. The summed E-state index contributed by atoms with van der Waals surface area (Å²) in [6.07, 6.45) is 4.83. The van der Waals surface area contributed by atoms with Crippen molar-refractivity contribution in [3.63, 3.8) is 0 Å². The lowest BCUT2D eigenvalue weighted by Gasteiger charge is -2.17. The molecular weight excluding hydrogens is 192 g/mol. The van der Waals surface area contributed by atoms with Crippen molar-refractivity contribution in [2.45, 2.75) is 6.54 Å². The third kappa shape index (κ3) is 2.07. The van der Waals surface area contributed by atoms with Crippen LogP contribution in [0.5, 0.6) is 0 Å². The van der Waals surface area contributed by atoms with Crippen LogP contribution >= 0.6 is 0 Å². The van der Waals surface area contributed by atoms with Crippen molar-refractivity contribution in [1.82, 2.24) is 9.97 Å². The van der Waals surface area contributed by atoms with Gasteiger partial charge in [-0.25, -0.2) is 9.97 Å². The van der Waals surface area contributed by atoms with Crippen LogP contribution in [-0.4, -0.2) is 17.0 Å². The van der Waals surface area contributed by atoms with E-state index in [0.717, 1.165) is 5.76 Å². The van der Waals surface area contributed by atoms with Crippen LogP contribution < -0.4 is 10.6 Å². The number of nitrogen functional groups attached to an aromatic ring is 1. The van der Waals surface area contributed by atoms with E-state index >= 15 is 0 Å². The first kappa shape index (κ1) is 9.51. The smallest absolute Gasteiger partial charge is 0.171 e. The Bertz CT molecular complexity index is 427. The highest BCUT2D eigenvalue weighted by molar-refractivity contribution is 5.56. The van der Waals surface area contributed by atoms with Gasteiger partial charge < -0.3 is 15.1 Å². The van der Waals surface area contributed by atoms with Crippen molar-refractivity contribution in [2.24, 2.45) is 0 Å². The molecule has 0 aliphatic rings. The minimum atomic E-state index is 0.423. The van der Waals surface area contributed by atoms with E-state index in [1.165, 1.54) is 0 Å². The van der Waals surface area contributed by atoms with Gasteiger partial charge in [-0.2, -0.15) is 0 Å². The number of furan rings is 1. The van der Waals surface area contributed by atoms with Crippen LogP contribution in [0.15, 0.2) is 35.2 Å². The molecule has 0 amide bonds. The third-order valence-electron chi connectivity index (χ3n) is 2.04. The van der Waals surface area contributed by atoms with Gasteiger partial charge in [-0.1, -0.05) is 0 Å². The van der Waals surface area contributed by atoms with Crippen LogP contribution in [0.2, 0.25) is 0 Å². The van der Waals surface area contributed by atoms with E-state index in [-0.39, 0.29) is 0 Å². The van der Waals surface area contributed by atoms with Crippen molar-refractivity contribution in [1.29, 1.82) is 0 Å². The molecule has 0 spiro atoms. The topological polar surface area (TPSA) is 68.2 Å². The lowest BCUT2D eigenvalue weighted by atomic mass is 10.4. The zero-order valence-electron chi connectivity index (χ0n) is 8.42. The summed E-state index contributed by atoms with van der Waals surface area (Å²) in [6.45, 7) is 0.621. The molecule has 2 aromatic heterocycles. The maximum absolute atomic E-state index is 5.70. The fourth-order valence-corrected chi connectivity index (χ4v) is 1.35. The van der Waals surface area contributed by atoms with Crippen LogP contribution in [0.1, 0.15) is 5.76 Å². The van der Waals surface area contributed by atoms with Crippen LogP contribution in [0.4, 0.5) is 11.6 Å². The second-order valence-corrected chi connectivity index (χ2v) is 3.20. The first-order valence-electron chi connectivity index (χ1n) is 4.57. The molecule has 0 bridgehead atoms. The number of hydrogen-bond donors (Lipinski definition) is 1. The van der Waals surface area contributed by atoms with Crippen molar-refractivity contribution in [2.75, 3.05) is 17.7 Å². The molecule has 0 saturated carbocycles. The number of nitrogens with zero attached hydrogens (tertiary/aromatic N) is 3. The van der Waals surface area contributed by atoms with E-state index in [2.05, 4.69) is 9.97 Å². The maximum Gasteiger partial charge on any atom is 0.171 e. The highest BCUT2D eigenvalue weighted by Crippen LogP contribution is 2.17. The number of anilines is 2. The zero-order chi connectivity index (χ0) is 10.7. The SMILES string of the molecule is CN(Cc1ccco1)c1nccnc1N. The van der Waals surface area contributed by atoms with E-state index < -0.39 is 0 Å². The Labute approximate surface area is 87.6 Å². The second-order valence-electron chi connectivity index (χ2n) is 3.20. The van der Waals surface area contributed by atoms with E-state index in [1.807, 2.05) is 24.1 Å². The summed E-state index contributed by atoms with van der Waals surface area (Å²) in [5, 5.41) is 0. The van der Waals surface area contributed by atoms with Gasteiger partial charge in [0.05, 0.1) is 12.8 Å². The molecule has 0 aromatic carbocycles. The van der Waals surface area contributed by atoms with Crippen LogP contribution in [0, 0.1) is 0 Å². The molecule has 2 heterocycles. The summed E-state index contributed by atoms with van der Waals surface area (Å²) in [5.74, 6) is 1.95. The lowest BCUT2D eigenvalue weighted by Crippen LogP contribution is -2.19. The predicted molar refractivity (Wildman–Crippen MR) is 57.3 cm³/mol. The van der Waals surface area contributed by atoms with E-state index in [0.29, 0.717) is 18.2 Å². The van der Waals surface area contributed by atoms with Crippen molar-refractivity contribution >= 4 is 11.6 Å². The molecule has 0 saturated heterocycles. The third-order valence-corrected chi connectivity index (χ3v) is 2.04. The van der Waals surface area contributed by atoms with Gasteiger partial charge in [-0.05, 0) is 12.1 Å². The summed E-state index contributed by atoms with van der Waals surface area (Å²) < 4.78 is 5.23. The average Bonchev–Trinajstić information content (AvgIpc) is 2.71. The maximum atomic E-state index is 5.70. The first-order chi connectivity index (χ1) is 7.27. The highest BCUT2D eigenvalue weighted by atomic mass is 16.3. The molecule has 0 fully saturated rings. The van der Waals surface area contributed by atoms with Crippen LogP contribution in [0.25, 0.3) is 0 Å². The Hall–Kier alpha value is -2.04. The van der Waals surface area contributed by atoms with Crippen LogP contribution in [-0.2, 0) is 6.54 Å². The number of nitrogens with two attached hydrogens (primary N) is 1. The Morgan fingerprint density at radius 3 is 2.87 bits per heavy atom. The highest BCUT2D eigenvalue weighted by Gasteiger charge is 2.08. The van der Waals surface area contributed by atoms with Gasteiger partial charge in [0, 0.05) is 19.4 Å². The molecular formula is C10H12N4O. The monoisotopic (exact) mass is 204 g/mol. The Balaban J connectivity index is 2.15. The quantitative estimate of drug-likeness (QED) is 0.815. The van der Waals surface area contributed by atoms with Crippen molar-refractivity contribution in [3.05, 3.63) is 36.5 Å². The van der Waals surface area contributed by atoms with E-state index in [1.54, 1.807) is 18.7 Å². The number of rotatable bonds is 3. The molecule has 0 radical (unpaired) electrons. The van der Waals surface area contributed by atoms with Crippen molar-refractivity contribution in [3.8, 4) is 0 Å². The largest absolute Gasteiger partial charge is 0.467 e. The number of aromatic nitrogens is 2. The average molecular weight is 204 g/mol. The normalized spacial score (nSPS) is 10.2. The molecule has 2 rings (SSSR count). The Kier molecular flexibility index (Phi) is 2.53. The molecule has 2 aromatic rings. The van der Waals surface area contributed by atoms with Gasteiger partial charge in [0.1, 0.15) is 5.76 Å². The van der Waals surface area contributed by atoms with E-state index in [4.69, 9.17) is 10.2 Å². The molecule has 2 N–H and O–H groups in total. The Morgan fingerprint density at radius 2 is 2.20 bits per heavy atom. The minimum absolute atomic E-state index is 0.423. The fourth-order valence-electron chi connectivity index (χ4n) is 1.35. The fraction of sp³-hybridized carbons (Fsp3) is 0.200. The Morgan fingerprint density at radius 1 is 1.40 bits per heavy atom. The predicted octanol–water partition coefficient (Wildman–Crippen LogP) is 1.29. The van der Waals surface area contributed by atoms with Gasteiger partial charge in [-0.15, -0.1) is 0 Å². The molecule has 5 nitrogen and oxygen atoms in total. The van der Waals surface area contributed by atoms with Gasteiger partial charge >= 0.3 is 0 Å². The van der Waals surface area contributed by atoms with Gasteiger partial charge in [0.15, 0.2) is 11.6 Å². The molecule has 0 unspecified atom stereocenters. The molecule has 0 aliphatic heterocycles. The van der Waals surface area contributed by atoms with Crippen molar-refractivity contribution < 1.29 is 4.42 Å². The summed E-state index contributed by atoms with van der Waals surface area (Å²) in [4.78, 5) is 10.0. The minimum Gasteiger partial charge on any atom is -0.467 e. The summed E-state index contributed by atoms with van der Waals surface area (Å²) in [7, 11) is 1.89. The van der Waals surface area contributed by atoms with Gasteiger partial charge in [0.25, 0.3) is 0 Å². The second kappa shape index (κ2) is 4.00. The molecule has 15 heavy (non-hydrogen) atoms. The summed E-state index contributed by atoms with van der Waals surface area (Å²) in [5.41, 5.74) is 5.70. The standard InChI is InChI=1S/C10H12N4O/c1-14(7-8-3-2-6-15-8)10-9(11)12-4-5-13-10/h2-6H,7H2,1H3,(H2,11,12). The molecule has 0 aliphatic carbocycles. The first-order valence-corrected chi connectivity index (χ1v) is 4.57. The van der Waals surface area contributed by atoms with Crippen LogP contribution in [0.3, 0.4) is 0 Å². The zero-order valence-corrected chi connectivity index (χ0v) is 8.42. The summed E-state index contributed by atoms with van der Waals surface area (Å²) in [6, 6.07) is 3.76. The van der Waals surface area contributed by atoms with Gasteiger partial charge in [0.2, 0.25) is 0 Å². The number of hydrogen-bond acceptors (Lipinski definition) is 5. The van der Waals surface area contributed by atoms with Gasteiger partial charge in [-0.3, -0.25) is 0 Å². The summed E-state index contributed by atoms with van der Waals surface area (Å²) >= 11 is 0.